The van der Waals surface area contributed by atoms with E-state index in [1.54, 1.807) is 0 Å². The monoisotopic (exact) mass is 301 g/mol. The highest BCUT2D eigenvalue weighted by atomic mass is 16.2. The average Bonchev–Trinajstić information content (AvgIpc) is 2.69. The van der Waals surface area contributed by atoms with E-state index in [0.29, 0.717) is 18.4 Å². The zero-order valence-corrected chi connectivity index (χ0v) is 12.9. The maximum Gasteiger partial charge on any atom is 0.270 e. The number of hydrogen-bond donors (Lipinski definition) is 1. The molecule has 0 spiro atoms. The first-order valence-corrected chi connectivity index (χ1v) is 7.38. The zero-order valence-electron chi connectivity index (χ0n) is 12.9. The minimum atomic E-state index is -0.628. The number of imide groups is 1. The van der Waals surface area contributed by atoms with E-state index < -0.39 is 11.3 Å². The van der Waals surface area contributed by atoms with Crippen LogP contribution in [0.3, 0.4) is 0 Å². The summed E-state index contributed by atoms with van der Waals surface area (Å²) in [5, 5.41) is 0.922. The minimum absolute atomic E-state index is 0.243. The summed E-state index contributed by atoms with van der Waals surface area (Å²) in [6.07, 6.45) is 4.32. The predicted octanol–water partition coefficient (Wildman–Crippen LogP) is 1.54. The average molecular weight is 301 g/mol. The van der Waals surface area contributed by atoms with Crippen molar-refractivity contribution < 1.29 is 14.4 Å². The van der Waals surface area contributed by atoms with Gasteiger partial charge in [-0.25, -0.2) is 0 Å². The van der Waals surface area contributed by atoms with Crippen LogP contribution >= 0.6 is 0 Å². The lowest BCUT2D eigenvalue weighted by Crippen LogP contribution is -2.63. The highest BCUT2D eigenvalue weighted by molar-refractivity contribution is 6.06. The Kier molecular flexibility index (Phi) is 3.09. The molecule has 1 N–H and O–H groups in total. The summed E-state index contributed by atoms with van der Waals surface area (Å²) < 4.78 is 0. The molecule has 1 aliphatic carbocycles. The molecule has 2 heterocycles. The molecule has 2 atom stereocenters. The number of fused-ring (bicyclic) bond motifs is 2. The first kappa shape index (κ1) is 14.7. The Labute approximate surface area is 128 Å². The molecule has 2 aliphatic rings. The maximum absolute atomic E-state index is 12.8. The minimum Gasteiger partial charge on any atom is -0.272 e. The molecule has 6 heteroatoms. The lowest BCUT2D eigenvalue weighted by atomic mass is 9.63. The molecule has 3 rings (SSSR count). The Morgan fingerprint density at radius 3 is 2.55 bits per heavy atom. The summed E-state index contributed by atoms with van der Waals surface area (Å²) in [6, 6.07) is 3.07. The number of nitrogens with zero attached hydrogens (tertiary/aromatic N) is 2. The van der Waals surface area contributed by atoms with Gasteiger partial charge in [0, 0.05) is 23.9 Å². The van der Waals surface area contributed by atoms with E-state index in [1.165, 1.54) is 24.5 Å². The lowest BCUT2D eigenvalue weighted by molar-refractivity contribution is -0.171. The van der Waals surface area contributed by atoms with Gasteiger partial charge in [0.25, 0.3) is 17.7 Å². The first-order chi connectivity index (χ1) is 10.3. The van der Waals surface area contributed by atoms with E-state index in [0.717, 1.165) is 5.01 Å². The van der Waals surface area contributed by atoms with Crippen LogP contribution in [-0.4, -0.2) is 27.7 Å². The molecule has 0 unspecified atom stereocenters. The summed E-state index contributed by atoms with van der Waals surface area (Å²) in [5.74, 6) is -1.36. The molecule has 1 saturated heterocycles. The van der Waals surface area contributed by atoms with E-state index in [4.69, 9.17) is 0 Å². The third-order valence-electron chi connectivity index (χ3n) is 5.58. The van der Waals surface area contributed by atoms with E-state index in [2.05, 4.69) is 10.4 Å². The molecule has 0 radical (unpaired) electrons. The van der Waals surface area contributed by atoms with Crippen molar-refractivity contribution in [1.29, 1.82) is 0 Å². The molecule has 2 fully saturated rings. The SMILES string of the molecule is CC1(C)[C@@H]2CC[C@@]1(C)C(=O)N(NC(=O)c1ccncc1)C2=O. The molecule has 0 aromatic carbocycles. The van der Waals surface area contributed by atoms with Crippen molar-refractivity contribution in [2.75, 3.05) is 0 Å². The van der Waals surface area contributed by atoms with Gasteiger partial charge in [0.1, 0.15) is 0 Å². The summed E-state index contributed by atoms with van der Waals surface area (Å²) in [4.78, 5) is 41.4. The largest absolute Gasteiger partial charge is 0.272 e. The third-order valence-corrected chi connectivity index (χ3v) is 5.58. The van der Waals surface area contributed by atoms with Crippen LogP contribution in [0.4, 0.5) is 0 Å². The second kappa shape index (κ2) is 4.63. The van der Waals surface area contributed by atoms with Crippen molar-refractivity contribution in [2.24, 2.45) is 16.7 Å². The van der Waals surface area contributed by atoms with Crippen LogP contribution in [0.1, 0.15) is 44.0 Å². The molecular weight excluding hydrogens is 282 g/mol. The second-order valence-corrected chi connectivity index (χ2v) is 6.80. The van der Waals surface area contributed by atoms with Gasteiger partial charge in [-0.05, 0) is 30.4 Å². The van der Waals surface area contributed by atoms with Gasteiger partial charge >= 0.3 is 0 Å². The quantitative estimate of drug-likeness (QED) is 0.840. The molecule has 2 bridgehead atoms. The second-order valence-electron chi connectivity index (χ2n) is 6.80. The molecule has 22 heavy (non-hydrogen) atoms. The van der Waals surface area contributed by atoms with Gasteiger partial charge in [0.2, 0.25) is 0 Å². The molecule has 3 amide bonds. The Bertz CT molecular complexity index is 656. The van der Waals surface area contributed by atoms with Gasteiger partial charge in [-0.15, -0.1) is 0 Å². The van der Waals surface area contributed by atoms with E-state index in [-0.39, 0.29) is 23.1 Å². The number of amides is 3. The number of hydrazine groups is 1. The van der Waals surface area contributed by atoms with E-state index in [9.17, 15) is 14.4 Å². The van der Waals surface area contributed by atoms with Gasteiger partial charge in [0.05, 0.1) is 5.41 Å². The number of piperidine rings is 1. The van der Waals surface area contributed by atoms with Gasteiger partial charge in [-0.3, -0.25) is 24.8 Å². The summed E-state index contributed by atoms with van der Waals surface area (Å²) in [7, 11) is 0. The van der Waals surface area contributed by atoms with Crippen LogP contribution in [0.25, 0.3) is 0 Å². The first-order valence-electron chi connectivity index (χ1n) is 7.38. The summed E-state index contributed by atoms with van der Waals surface area (Å²) >= 11 is 0. The standard InChI is InChI=1S/C16H19N3O3/c1-15(2)11-4-7-16(15,3)14(22)19(13(11)21)18-12(20)10-5-8-17-9-6-10/h5-6,8-9,11H,4,7H2,1-3H3,(H,18,20)/t11-,16+/m1/s1. The molecule has 1 aliphatic heterocycles. The van der Waals surface area contributed by atoms with E-state index in [1.807, 2.05) is 20.8 Å². The summed E-state index contributed by atoms with van der Waals surface area (Å²) in [6.45, 7) is 5.80. The zero-order chi connectivity index (χ0) is 16.1. The topological polar surface area (TPSA) is 79.4 Å². The summed E-state index contributed by atoms with van der Waals surface area (Å²) in [5.41, 5.74) is 1.81. The molecule has 116 valence electrons. The number of nitrogens with one attached hydrogen (secondary N) is 1. The fourth-order valence-electron chi connectivity index (χ4n) is 3.59. The molecule has 1 aromatic rings. The Hall–Kier alpha value is -2.24. The van der Waals surface area contributed by atoms with Gasteiger partial charge < -0.3 is 0 Å². The normalized spacial score (nSPS) is 29.6. The Morgan fingerprint density at radius 1 is 1.27 bits per heavy atom. The fourth-order valence-corrected chi connectivity index (χ4v) is 3.59. The van der Waals surface area contributed by atoms with Crippen LogP contribution in [-0.2, 0) is 9.59 Å². The third kappa shape index (κ3) is 1.79. The molecule has 1 aromatic heterocycles. The number of carbonyl (C=O) groups excluding carboxylic acids is 3. The van der Waals surface area contributed by atoms with Crippen molar-refractivity contribution in [3.63, 3.8) is 0 Å². The smallest absolute Gasteiger partial charge is 0.270 e. The van der Waals surface area contributed by atoms with Gasteiger partial charge in [-0.2, -0.15) is 5.01 Å². The van der Waals surface area contributed by atoms with Crippen molar-refractivity contribution in [2.45, 2.75) is 33.6 Å². The van der Waals surface area contributed by atoms with Crippen LogP contribution in [0, 0.1) is 16.7 Å². The van der Waals surface area contributed by atoms with Crippen LogP contribution in [0.2, 0.25) is 0 Å². The molecular formula is C16H19N3O3. The highest BCUT2D eigenvalue weighted by Crippen LogP contribution is 2.59. The van der Waals surface area contributed by atoms with Crippen LogP contribution in [0.5, 0.6) is 0 Å². The van der Waals surface area contributed by atoms with Crippen molar-refractivity contribution in [3.8, 4) is 0 Å². The van der Waals surface area contributed by atoms with Crippen LogP contribution < -0.4 is 5.43 Å². The van der Waals surface area contributed by atoms with Crippen molar-refractivity contribution >= 4 is 17.7 Å². The number of rotatable bonds is 2. The predicted molar refractivity (Wildman–Crippen MR) is 78.2 cm³/mol. The maximum atomic E-state index is 12.8. The fraction of sp³-hybridized carbons (Fsp3) is 0.500. The number of aromatic nitrogens is 1. The number of hydrogen-bond acceptors (Lipinski definition) is 4. The molecule has 1 saturated carbocycles. The molecule has 6 nitrogen and oxygen atoms in total. The lowest BCUT2D eigenvalue weighted by Gasteiger charge is -2.47. The van der Waals surface area contributed by atoms with Gasteiger partial charge in [0.15, 0.2) is 0 Å². The van der Waals surface area contributed by atoms with Crippen LogP contribution in [0.15, 0.2) is 24.5 Å². The number of carbonyl (C=O) groups is 3. The van der Waals surface area contributed by atoms with E-state index >= 15 is 0 Å². The van der Waals surface area contributed by atoms with Crippen molar-refractivity contribution in [1.82, 2.24) is 15.4 Å². The highest BCUT2D eigenvalue weighted by Gasteiger charge is 2.64. The van der Waals surface area contributed by atoms with Gasteiger partial charge in [-0.1, -0.05) is 20.8 Å². The van der Waals surface area contributed by atoms with Crippen molar-refractivity contribution in [3.05, 3.63) is 30.1 Å². The Morgan fingerprint density at radius 2 is 1.91 bits per heavy atom. The Balaban J connectivity index is 1.89. The number of pyridine rings is 1.